The lowest BCUT2D eigenvalue weighted by molar-refractivity contribution is 0.129. The zero-order valence-corrected chi connectivity index (χ0v) is 13.1. The van der Waals surface area contributed by atoms with Crippen molar-refractivity contribution >= 4 is 23.2 Å². The van der Waals surface area contributed by atoms with Crippen molar-refractivity contribution in [2.45, 2.75) is 19.6 Å². The summed E-state index contributed by atoms with van der Waals surface area (Å²) in [5, 5.41) is 10.0. The molecule has 0 heterocycles. The first-order valence-electron chi connectivity index (χ1n) is 6.53. The average molecular weight is 327 g/mol. The molecule has 5 heteroatoms. The van der Waals surface area contributed by atoms with Crippen LogP contribution in [0.4, 0.5) is 0 Å². The van der Waals surface area contributed by atoms with Crippen LogP contribution >= 0.6 is 23.2 Å². The van der Waals surface area contributed by atoms with Crippen LogP contribution in [0, 0.1) is 0 Å². The molecule has 1 N–H and O–H groups in total. The zero-order valence-electron chi connectivity index (χ0n) is 11.6. The summed E-state index contributed by atoms with van der Waals surface area (Å²) in [6, 6.07) is 12.6. The monoisotopic (exact) mass is 326 g/mol. The fourth-order valence-electron chi connectivity index (χ4n) is 1.69. The van der Waals surface area contributed by atoms with Gasteiger partial charge in [0.2, 0.25) is 0 Å². The molecule has 112 valence electrons. The van der Waals surface area contributed by atoms with Crippen molar-refractivity contribution in [3.05, 3.63) is 58.1 Å². The van der Waals surface area contributed by atoms with Crippen molar-refractivity contribution in [1.29, 1.82) is 0 Å². The Balaban J connectivity index is 1.94. The zero-order chi connectivity index (χ0) is 15.2. The first-order chi connectivity index (χ1) is 10.1. The minimum absolute atomic E-state index is 0.0140. The van der Waals surface area contributed by atoms with Gasteiger partial charge in [-0.3, -0.25) is 0 Å². The molecule has 0 fully saturated rings. The van der Waals surface area contributed by atoms with E-state index in [0.717, 1.165) is 5.56 Å². The summed E-state index contributed by atoms with van der Waals surface area (Å²) in [7, 11) is 0. The van der Waals surface area contributed by atoms with Gasteiger partial charge in [0.05, 0.1) is 11.6 Å². The van der Waals surface area contributed by atoms with E-state index in [9.17, 15) is 0 Å². The third kappa shape index (κ3) is 4.81. The second-order valence-electron chi connectivity index (χ2n) is 4.62. The van der Waals surface area contributed by atoms with Crippen LogP contribution in [0.15, 0.2) is 42.5 Å². The quantitative estimate of drug-likeness (QED) is 0.858. The van der Waals surface area contributed by atoms with Crippen LogP contribution in [0.25, 0.3) is 0 Å². The SMILES string of the molecule is CC(CO)Oc1ccc(COc2ccc(Cl)cc2Cl)cc1. The molecule has 21 heavy (non-hydrogen) atoms. The number of hydrogen-bond acceptors (Lipinski definition) is 3. The largest absolute Gasteiger partial charge is 0.488 e. The Hall–Kier alpha value is -1.42. The molecule has 1 unspecified atom stereocenters. The Morgan fingerprint density at radius 2 is 1.81 bits per heavy atom. The van der Waals surface area contributed by atoms with E-state index in [0.29, 0.717) is 28.2 Å². The molecule has 3 nitrogen and oxygen atoms in total. The maximum Gasteiger partial charge on any atom is 0.138 e. The van der Waals surface area contributed by atoms with Crippen molar-refractivity contribution in [3.8, 4) is 11.5 Å². The molecule has 0 aliphatic carbocycles. The average Bonchev–Trinajstić information content (AvgIpc) is 2.48. The molecule has 0 aliphatic rings. The van der Waals surface area contributed by atoms with E-state index >= 15 is 0 Å². The molecular weight excluding hydrogens is 311 g/mol. The predicted molar refractivity (Wildman–Crippen MR) is 84.4 cm³/mol. The molecule has 0 amide bonds. The molecule has 0 spiro atoms. The third-order valence-electron chi connectivity index (χ3n) is 2.81. The molecule has 0 saturated carbocycles. The fourth-order valence-corrected chi connectivity index (χ4v) is 2.15. The summed E-state index contributed by atoms with van der Waals surface area (Å²) >= 11 is 11.9. The molecule has 0 aliphatic heterocycles. The van der Waals surface area contributed by atoms with Crippen LogP contribution in [-0.4, -0.2) is 17.8 Å². The van der Waals surface area contributed by atoms with Gasteiger partial charge in [-0.1, -0.05) is 35.3 Å². The van der Waals surface area contributed by atoms with Gasteiger partial charge < -0.3 is 14.6 Å². The van der Waals surface area contributed by atoms with Crippen molar-refractivity contribution in [3.63, 3.8) is 0 Å². The minimum atomic E-state index is -0.222. The maximum atomic E-state index is 8.94. The molecule has 0 bridgehead atoms. The summed E-state index contributed by atoms with van der Waals surface area (Å²) in [5.74, 6) is 1.31. The van der Waals surface area contributed by atoms with Gasteiger partial charge in [0.15, 0.2) is 0 Å². The van der Waals surface area contributed by atoms with Crippen molar-refractivity contribution in [2.24, 2.45) is 0 Å². The number of benzene rings is 2. The first kappa shape index (κ1) is 16.0. The Kier molecular flexibility index (Phi) is 5.74. The molecule has 0 radical (unpaired) electrons. The molecule has 2 aromatic carbocycles. The van der Waals surface area contributed by atoms with Gasteiger partial charge in [0.25, 0.3) is 0 Å². The van der Waals surface area contributed by atoms with E-state index in [1.807, 2.05) is 24.3 Å². The fraction of sp³-hybridized carbons (Fsp3) is 0.250. The second-order valence-corrected chi connectivity index (χ2v) is 5.46. The van der Waals surface area contributed by atoms with Gasteiger partial charge in [-0.2, -0.15) is 0 Å². The van der Waals surface area contributed by atoms with Gasteiger partial charge in [0, 0.05) is 5.02 Å². The van der Waals surface area contributed by atoms with Crippen LogP contribution < -0.4 is 9.47 Å². The van der Waals surface area contributed by atoms with Gasteiger partial charge >= 0.3 is 0 Å². The van der Waals surface area contributed by atoms with E-state index in [4.69, 9.17) is 37.8 Å². The highest BCUT2D eigenvalue weighted by Gasteiger charge is 2.04. The molecule has 0 saturated heterocycles. The Bertz CT molecular complexity index is 585. The Morgan fingerprint density at radius 3 is 2.43 bits per heavy atom. The van der Waals surface area contributed by atoms with E-state index < -0.39 is 0 Å². The highest BCUT2D eigenvalue weighted by atomic mass is 35.5. The van der Waals surface area contributed by atoms with Gasteiger partial charge in [-0.15, -0.1) is 0 Å². The highest BCUT2D eigenvalue weighted by Crippen LogP contribution is 2.28. The Labute approximate surface area is 134 Å². The van der Waals surface area contributed by atoms with Crippen molar-refractivity contribution in [1.82, 2.24) is 0 Å². The van der Waals surface area contributed by atoms with E-state index in [1.165, 1.54) is 0 Å². The summed E-state index contributed by atoms with van der Waals surface area (Å²) in [6.07, 6.45) is -0.222. The highest BCUT2D eigenvalue weighted by molar-refractivity contribution is 6.35. The van der Waals surface area contributed by atoms with Gasteiger partial charge in [-0.25, -0.2) is 0 Å². The maximum absolute atomic E-state index is 8.94. The predicted octanol–water partition coefficient (Wildman–Crippen LogP) is 4.33. The number of hydrogen-bond donors (Lipinski definition) is 1. The smallest absolute Gasteiger partial charge is 0.138 e. The molecule has 1 atom stereocenters. The standard InChI is InChI=1S/C16H16Cl2O3/c1-11(9-19)21-14-5-2-12(3-6-14)10-20-16-7-4-13(17)8-15(16)18/h2-8,11,19H,9-10H2,1H3. The van der Waals surface area contributed by atoms with Crippen LogP contribution in [0.1, 0.15) is 12.5 Å². The van der Waals surface area contributed by atoms with Crippen molar-refractivity contribution < 1.29 is 14.6 Å². The summed E-state index contributed by atoms with van der Waals surface area (Å²) in [5.41, 5.74) is 0.991. The van der Waals surface area contributed by atoms with Crippen LogP contribution in [-0.2, 0) is 6.61 Å². The second kappa shape index (κ2) is 7.55. The number of aliphatic hydroxyl groups is 1. The summed E-state index contributed by atoms with van der Waals surface area (Å²) < 4.78 is 11.1. The minimum Gasteiger partial charge on any atom is -0.488 e. The summed E-state index contributed by atoms with van der Waals surface area (Å²) in [4.78, 5) is 0. The molecule has 2 aromatic rings. The lowest BCUT2D eigenvalue weighted by Gasteiger charge is -2.12. The normalized spacial score (nSPS) is 12.0. The number of aliphatic hydroxyl groups excluding tert-OH is 1. The Morgan fingerprint density at radius 1 is 1.10 bits per heavy atom. The number of halogens is 2. The number of rotatable bonds is 6. The number of ether oxygens (including phenoxy) is 2. The molecule has 2 rings (SSSR count). The topological polar surface area (TPSA) is 38.7 Å². The first-order valence-corrected chi connectivity index (χ1v) is 7.28. The van der Waals surface area contributed by atoms with E-state index in [1.54, 1.807) is 25.1 Å². The summed E-state index contributed by atoms with van der Waals surface area (Å²) in [6.45, 7) is 2.19. The lowest BCUT2D eigenvalue weighted by Crippen LogP contribution is -2.16. The van der Waals surface area contributed by atoms with Gasteiger partial charge in [-0.05, 0) is 42.8 Å². The van der Waals surface area contributed by atoms with Crippen LogP contribution in [0.5, 0.6) is 11.5 Å². The third-order valence-corrected chi connectivity index (χ3v) is 3.34. The lowest BCUT2D eigenvalue weighted by atomic mass is 10.2. The van der Waals surface area contributed by atoms with Crippen molar-refractivity contribution in [2.75, 3.05) is 6.61 Å². The van der Waals surface area contributed by atoms with Gasteiger partial charge in [0.1, 0.15) is 24.2 Å². The van der Waals surface area contributed by atoms with E-state index in [-0.39, 0.29) is 12.7 Å². The van der Waals surface area contributed by atoms with E-state index in [2.05, 4.69) is 0 Å². The molecular formula is C16H16Cl2O3. The molecule has 0 aromatic heterocycles. The van der Waals surface area contributed by atoms with Crippen LogP contribution in [0.2, 0.25) is 10.0 Å². The van der Waals surface area contributed by atoms with Crippen LogP contribution in [0.3, 0.4) is 0 Å².